The molecule has 4 fully saturated rings. The maximum absolute atomic E-state index is 12.6. The minimum atomic E-state index is 0.166. The monoisotopic (exact) mass is 291 g/mol. The minimum Gasteiger partial charge on any atom is -0.339 e. The molecular formula is C17H29N3O. The van der Waals surface area contributed by atoms with Gasteiger partial charge in [0.2, 0.25) is 5.91 Å². The third-order valence-corrected chi connectivity index (χ3v) is 6.60. The van der Waals surface area contributed by atoms with Gasteiger partial charge in [0, 0.05) is 32.2 Å². The summed E-state index contributed by atoms with van der Waals surface area (Å²) in [5, 5.41) is 0. The van der Waals surface area contributed by atoms with E-state index in [0.717, 1.165) is 57.0 Å². The molecule has 4 nitrogen and oxygen atoms in total. The zero-order chi connectivity index (χ0) is 14.4. The molecule has 4 heteroatoms. The Hall–Kier alpha value is -0.610. The molecule has 1 amide bonds. The summed E-state index contributed by atoms with van der Waals surface area (Å²) in [6.45, 7) is 5.21. The standard InChI is InChI=1S/C17H29N3O/c1-18-6-2-3-15(18)17(21)20-9-7-19(8-10-20)16-12-13-4-5-14(16)11-13/h13-16H,2-12H2,1H3. The number of likely N-dealkylation sites (N-methyl/N-ethyl adjacent to an activating group) is 1. The quantitative estimate of drug-likeness (QED) is 0.770. The molecule has 2 bridgehead atoms. The molecule has 0 aromatic rings. The number of piperazine rings is 1. The predicted octanol–water partition coefficient (Wildman–Crippen LogP) is 1.41. The molecule has 0 spiro atoms. The van der Waals surface area contributed by atoms with Crippen molar-refractivity contribution in [3.05, 3.63) is 0 Å². The van der Waals surface area contributed by atoms with E-state index in [2.05, 4.69) is 21.7 Å². The van der Waals surface area contributed by atoms with E-state index in [9.17, 15) is 4.79 Å². The first-order valence-electron chi connectivity index (χ1n) is 8.95. The van der Waals surface area contributed by atoms with Crippen molar-refractivity contribution in [2.75, 3.05) is 39.8 Å². The number of fused-ring (bicyclic) bond motifs is 2. The summed E-state index contributed by atoms with van der Waals surface area (Å²) in [7, 11) is 2.10. The molecule has 4 unspecified atom stereocenters. The Morgan fingerprint density at radius 1 is 0.952 bits per heavy atom. The number of hydrogen-bond acceptors (Lipinski definition) is 3. The van der Waals surface area contributed by atoms with E-state index in [1.807, 2.05) is 0 Å². The van der Waals surface area contributed by atoms with E-state index in [-0.39, 0.29) is 6.04 Å². The Morgan fingerprint density at radius 3 is 2.33 bits per heavy atom. The van der Waals surface area contributed by atoms with E-state index >= 15 is 0 Å². The Balaban J connectivity index is 1.31. The van der Waals surface area contributed by atoms with Gasteiger partial charge in [-0.25, -0.2) is 0 Å². The molecule has 4 aliphatic rings. The van der Waals surface area contributed by atoms with E-state index in [1.165, 1.54) is 32.1 Å². The first-order chi connectivity index (χ1) is 10.2. The number of carbonyl (C=O) groups is 1. The van der Waals surface area contributed by atoms with Crippen LogP contribution >= 0.6 is 0 Å². The average Bonchev–Trinajstić information content (AvgIpc) is 3.23. The van der Waals surface area contributed by atoms with E-state index in [4.69, 9.17) is 0 Å². The Bertz CT molecular complexity index is 405. The average molecular weight is 291 g/mol. The third kappa shape index (κ3) is 2.50. The second kappa shape index (κ2) is 5.54. The van der Waals surface area contributed by atoms with Crippen LogP contribution < -0.4 is 0 Å². The van der Waals surface area contributed by atoms with Gasteiger partial charge in [0.25, 0.3) is 0 Å². The summed E-state index contributed by atoms with van der Waals surface area (Å²) < 4.78 is 0. The van der Waals surface area contributed by atoms with Crippen LogP contribution in [-0.2, 0) is 4.79 Å². The molecule has 0 radical (unpaired) electrons. The smallest absolute Gasteiger partial charge is 0.240 e. The van der Waals surface area contributed by atoms with Crippen molar-refractivity contribution in [2.24, 2.45) is 11.8 Å². The summed E-state index contributed by atoms with van der Waals surface area (Å²) in [6.07, 6.45) is 8.09. The van der Waals surface area contributed by atoms with Crippen LogP contribution in [0, 0.1) is 11.8 Å². The predicted molar refractivity (Wildman–Crippen MR) is 83.0 cm³/mol. The highest BCUT2D eigenvalue weighted by molar-refractivity contribution is 5.82. The molecule has 0 aromatic heterocycles. The van der Waals surface area contributed by atoms with Crippen molar-refractivity contribution in [3.8, 4) is 0 Å². The van der Waals surface area contributed by atoms with Gasteiger partial charge in [0.1, 0.15) is 0 Å². The topological polar surface area (TPSA) is 26.8 Å². The van der Waals surface area contributed by atoms with Crippen LogP contribution in [0.2, 0.25) is 0 Å². The number of rotatable bonds is 2. The molecule has 4 rings (SSSR count). The van der Waals surface area contributed by atoms with Gasteiger partial charge >= 0.3 is 0 Å². The van der Waals surface area contributed by atoms with Crippen LogP contribution in [0.1, 0.15) is 38.5 Å². The van der Waals surface area contributed by atoms with E-state index in [0.29, 0.717) is 5.91 Å². The highest BCUT2D eigenvalue weighted by Gasteiger charge is 2.43. The van der Waals surface area contributed by atoms with Crippen molar-refractivity contribution in [3.63, 3.8) is 0 Å². The molecular weight excluding hydrogens is 262 g/mol. The largest absolute Gasteiger partial charge is 0.339 e. The Labute approximate surface area is 128 Å². The molecule has 2 aliphatic heterocycles. The summed E-state index contributed by atoms with van der Waals surface area (Å²) in [6, 6.07) is 1.01. The van der Waals surface area contributed by atoms with Crippen LogP contribution in [0.25, 0.3) is 0 Å². The first kappa shape index (κ1) is 14.0. The summed E-state index contributed by atoms with van der Waals surface area (Å²) in [4.78, 5) is 19.7. The lowest BCUT2D eigenvalue weighted by atomic mass is 9.93. The Kier molecular flexibility index (Phi) is 3.70. The SMILES string of the molecule is CN1CCCC1C(=O)N1CCN(C2CC3CCC2C3)CC1. The van der Waals surface area contributed by atoms with Gasteiger partial charge < -0.3 is 4.90 Å². The zero-order valence-corrected chi connectivity index (χ0v) is 13.3. The molecule has 4 atom stereocenters. The lowest BCUT2D eigenvalue weighted by Gasteiger charge is -2.42. The molecule has 2 heterocycles. The van der Waals surface area contributed by atoms with Gasteiger partial charge in [-0.2, -0.15) is 0 Å². The molecule has 0 N–H and O–H groups in total. The van der Waals surface area contributed by atoms with Crippen LogP contribution in [0.5, 0.6) is 0 Å². The van der Waals surface area contributed by atoms with Gasteiger partial charge in [-0.05, 0) is 57.5 Å². The maximum atomic E-state index is 12.6. The fourth-order valence-electron chi connectivity index (χ4n) is 5.37. The first-order valence-corrected chi connectivity index (χ1v) is 8.95. The van der Waals surface area contributed by atoms with Crippen LogP contribution in [-0.4, -0.2) is 72.5 Å². The Morgan fingerprint density at radius 2 is 1.76 bits per heavy atom. The minimum absolute atomic E-state index is 0.166. The van der Waals surface area contributed by atoms with Crippen LogP contribution in [0.4, 0.5) is 0 Å². The number of likely N-dealkylation sites (tertiary alicyclic amines) is 1. The zero-order valence-electron chi connectivity index (χ0n) is 13.3. The number of nitrogens with zero attached hydrogens (tertiary/aromatic N) is 3. The normalized spacial score (nSPS) is 41.1. The molecule has 2 aliphatic carbocycles. The highest BCUT2D eigenvalue weighted by Crippen LogP contribution is 2.46. The van der Waals surface area contributed by atoms with Crippen LogP contribution in [0.15, 0.2) is 0 Å². The maximum Gasteiger partial charge on any atom is 0.240 e. The summed E-state index contributed by atoms with van der Waals surface area (Å²) in [5.41, 5.74) is 0. The molecule has 0 aromatic carbocycles. The van der Waals surface area contributed by atoms with Crippen molar-refractivity contribution in [1.29, 1.82) is 0 Å². The molecule has 118 valence electrons. The van der Waals surface area contributed by atoms with Gasteiger partial charge in [0.15, 0.2) is 0 Å². The fraction of sp³-hybridized carbons (Fsp3) is 0.941. The van der Waals surface area contributed by atoms with Crippen molar-refractivity contribution in [1.82, 2.24) is 14.7 Å². The van der Waals surface area contributed by atoms with Crippen LogP contribution in [0.3, 0.4) is 0 Å². The van der Waals surface area contributed by atoms with E-state index in [1.54, 1.807) is 0 Å². The highest BCUT2D eigenvalue weighted by atomic mass is 16.2. The lowest BCUT2D eigenvalue weighted by Crippen LogP contribution is -2.55. The second-order valence-electron chi connectivity index (χ2n) is 7.74. The summed E-state index contributed by atoms with van der Waals surface area (Å²) >= 11 is 0. The molecule has 21 heavy (non-hydrogen) atoms. The molecule has 2 saturated carbocycles. The number of carbonyl (C=O) groups excluding carboxylic acids is 1. The fourth-order valence-corrected chi connectivity index (χ4v) is 5.37. The van der Waals surface area contributed by atoms with Crippen molar-refractivity contribution >= 4 is 5.91 Å². The lowest BCUT2D eigenvalue weighted by molar-refractivity contribution is -0.137. The molecule has 2 saturated heterocycles. The van der Waals surface area contributed by atoms with Gasteiger partial charge in [-0.3, -0.25) is 14.6 Å². The van der Waals surface area contributed by atoms with Crippen molar-refractivity contribution < 1.29 is 4.79 Å². The number of amides is 1. The summed E-state index contributed by atoms with van der Waals surface area (Å²) in [5.74, 6) is 2.38. The van der Waals surface area contributed by atoms with Gasteiger partial charge in [-0.15, -0.1) is 0 Å². The number of hydrogen-bond donors (Lipinski definition) is 0. The third-order valence-electron chi connectivity index (χ3n) is 6.60. The van der Waals surface area contributed by atoms with Gasteiger partial charge in [0.05, 0.1) is 6.04 Å². The van der Waals surface area contributed by atoms with Gasteiger partial charge in [-0.1, -0.05) is 6.42 Å². The second-order valence-corrected chi connectivity index (χ2v) is 7.74. The van der Waals surface area contributed by atoms with E-state index < -0.39 is 0 Å². The van der Waals surface area contributed by atoms with Crippen molar-refractivity contribution in [2.45, 2.75) is 50.6 Å².